The number of carbonyl (C=O) groups is 2. The van der Waals surface area contributed by atoms with Crippen molar-refractivity contribution in [2.75, 3.05) is 12.8 Å². The Labute approximate surface area is 144 Å². The lowest BCUT2D eigenvalue weighted by Crippen LogP contribution is -2.30. The number of rotatable bonds is 6. The fourth-order valence-corrected chi connectivity index (χ4v) is 2.49. The van der Waals surface area contributed by atoms with Crippen LogP contribution in [0.5, 0.6) is 0 Å². The van der Waals surface area contributed by atoms with Crippen molar-refractivity contribution >= 4 is 35.2 Å². The smallest absolute Gasteiger partial charge is 0.325 e. The van der Waals surface area contributed by atoms with E-state index in [2.05, 4.69) is 5.32 Å². The minimum atomic E-state index is -0.501. The molecule has 23 heavy (non-hydrogen) atoms. The fraction of sp³-hybridized carbons (Fsp3) is 0.176. The van der Waals surface area contributed by atoms with Crippen LogP contribution in [0.1, 0.15) is 15.9 Å². The highest BCUT2D eigenvalue weighted by Crippen LogP contribution is 2.22. The highest BCUT2D eigenvalue weighted by molar-refractivity contribution is 7.98. The minimum absolute atomic E-state index is 0.179. The maximum atomic E-state index is 12.1. The van der Waals surface area contributed by atoms with Gasteiger partial charge in [0.1, 0.15) is 13.2 Å². The van der Waals surface area contributed by atoms with E-state index in [0.717, 1.165) is 10.5 Å². The van der Waals surface area contributed by atoms with Gasteiger partial charge >= 0.3 is 5.97 Å². The zero-order chi connectivity index (χ0) is 16.7. The lowest BCUT2D eigenvalue weighted by Gasteiger charge is -2.08. The van der Waals surface area contributed by atoms with Crippen LogP contribution in [0.25, 0.3) is 0 Å². The molecule has 2 aromatic rings. The van der Waals surface area contributed by atoms with Gasteiger partial charge in [0.15, 0.2) is 0 Å². The SMILES string of the molecule is CSc1ccc(Cl)c(C(=O)NCC(=O)OCc2ccccc2)c1. The fourth-order valence-electron chi connectivity index (χ4n) is 1.84. The molecule has 0 bridgehead atoms. The van der Waals surface area contributed by atoms with E-state index in [1.54, 1.807) is 12.1 Å². The summed E-state index contributed by atoms with van der Waals surface area (Å²) in [5.74, 6) is -0.901. The highest BCUT2D eigenvalue weighted by Gasteiger charge is 2.13. The van der Waals surface area contributed by atoms with E-state index in [1.807, 2.05) is 42.7 Å². The number of halogens is 1. The van der Waals surface area contributed by atoms with Crippen LogP contribution in [0.2, 0.25) is 5.02 Å². The molecule has 0 unspecified atom stereocenters. The maximum Gasteiger partial charge on any atom is 0.325 e. The first-order valence-electron chi connectivity index (χ1n) is 6.91. The van der Waals surface area contributed by atoms with Gasteiger partial charge in [0.05, 0.1) is 10.6 Å². The van der Waals surface area contributed by atoms with E-state index >= 15 is 0 Å². The summed E-state index contributed by atoms with van der Waals surface area (Å²) >= 11 is 7.53. The van der Waals surface area contributed by atoms with Gasteiger partial charge in [-0.25, -0.2) is 0 Å². The molecule has 0 fully saturated rings. The molecule has 0 aliphatic rings. The number of amides is 1. The summed E-state index contributed by atoms with van der Waals surface area (Å²) in [6.45, 7) is -0.0241. The predicted octanol–water partition coefficient (Wildman–Crippen LogP) is 3.54. The second-order valence-electron chi connectivity index (χ2n) is 4.67. The van der Waals surface area contributed by atoms with Gasteiger partial charge in [0, 0.05) is 4.90 Å². The normalized spacial score (nSPS) is 10.2. The average Bonchev–Trinajstić information content (AvgIpc) is 2.59. The third-order valence-corrected chi connectivity index (χ3v) is 4.11. The zero-order valence-corrected chi connectivity index (χ0v) is 14.1. The molecule has 6 heteroatoms. The molecule has 2 rings (SSSR count). The number of carbonyl (C=O) groups excluding carboxylic acids is 2. The molecule has 0 aromatic heterocycles. The van der Waals surface area contributed by atoms with Crippen molar-refractivity contribution in [3.05, 3.63) is 64.7 Å². The molecule has 4 nitrogen and oxygen atoms in total. The minimum Gasteiger partial charge on any atom is -0.460 e. The second-order valence-corrected chi connectivity index (χ2v) is 5.96. The van der Waals surface area contributed by atoms with Gasteiger partial charge in [-0.05, 0) is 30.0 Å². The summed E-state index contributed by atoms with van der Waals surface area (Å²) in [4.78, 5) is 24.7. The molecule has 0 atom stereocenters. The van der Waals surface area contributed by atoms with Crippen molar-refractivity contribution in [1.82, 2.24) is 5.32 Å². The van der Waals surface area contributed by atoms with Gasteiger partial charge < -0.3 is 10.1 Å². The number of ether oxygens (including phenoxy) is 1. The summed E-state index contributed by atoms with van der Waals surface area (Å²) in [6.07, 6.45) is 1.91. The average molecular weight is 350 g/mol. The first-order valence-corrected chi connectivity index (χ1v) is 8.51. The van der Waals surface area contributed by atoms with Crippen LogP contribution in [0.4, 0.5) is 0 Å². The molecule has 120 valence electrons. The predicted molar refractivity (Wildman–Crippen MR) is 91.8 cm³/mol. The van der Waals surface area contributed by atoms with E-state index in [-0.39, 0.29) is 13.2 Å². The summed E-state index contributed by atoms with van der Waals surface area (Å²) in [6, 6.07) is 14.5. The van der Waals surface area contributed by atoms with E-state index in [4.69, 9.17) is 16.3 Å². The van der Waals surface area contributed by atoms with Crippen molar-refractivity contribution in [3.8, 4) is 0 Å². The summed E-state index contributed by atoms with van der Waals surface area (Å²) in [7, 11) is 0. The van der Waals surface area contributed by atoms with Crippen molar-refractivity contribution in [2.45, 2.75) is 11.5 Å². The van der Waals surface area contributed by atoms with Gasteiger partial charge in [-0.15, -0.1) is 11.8 Å². The van der Waals surface area contributed by atoms with Crippen LogP contribution in [-0.2, 0) is 16.1 Å². The van der Waals surface area contributed by atoms with Crippen LogP contribution in [0.3, 0.4) is 0 Å². The zero-order valence-electron chi connectivity index (χ0n) is 12.5. The topological polar surface area (TPSA) is 55.4 Å². The Kier molecular flexibility index (Phi) is 6.50. The molecule has 0 spiro atoms. The van der Waals surface area contributed by atoms with E-state index < -0.39 is 11.9 Å². The summed E-state index contributed by atoms with van der Waals surface area (Å²) < 4.78 is 5.10. The van der Waals surface area contributed by atoms with E-state index in [9.17, 15) is 9.59 Å². The van der Waals surface area contributed by atoms with Crippen LogP contribution in [0.15, 0.2) is 53.4 Å². The van der Waals surface area contributed by atoms with Crippen LogP contribution >= 0.6 is 23.4 Å². The molecule has 0 saturated heterocycles. The van der Waals surface area contributed by atoms with Crippen LogP contribution in [-0.4, -0.2) is 24.7 Å². The molecular formula is C17H16ClNO3S. The van der Waals surface area contributed by atoms with Gasteiger partial charge in [-0.1, -0.05) is 41.9 Å². The quantitative estimate of drug-likeness (QED) is 0.640. The lowest BCUT2D eigenvalue weighted by molar-refractivity contribution is -0.143. The molecule has 0 aliphatic carbocycles. The Balaban J connectivity index is 1.85. The molecule has 0 radical (unpaired) electrons. The first-order chi connectivity index (χ1) is 11.1. The molecule has 0 saturated carbocycles. The standard InChI is InChI=1S/C17H16ClNO3S/c1-23-13-7-8-15(18)14(9-13)17(21)19-10-16(20)22-11-12-5-3-2-4-6-12/h2-9H,10-11H2,1H3,(H,19,21). The highest BCUT2D eigenvalue weighted by atomic mass is 35.5. The van der Waals surface area contributed by atoms with E-state index in [0.29, 0.717) is 10.6 Å². The van der Waals surface area contributed by atoms with Crippen LogP contribution < -0.4 is 5.32 Å². The Morgan fingerprint density at radius 1 is 1.17 bits per heavy atom. The number of hydrogen-bond donors (Lipinski definition) is 1. The monoisotopic (exact) mass is 349 g/mol. The number of hydrogen-bond acceptors (Lipinski definition) is 4. The Hall–Kier alpha value is -1.98. The number of nitrogens with one attached hydrogen (secondary N) is 1. The lowest BCUT2D eigenvalue weighted by atomic mass is 10.2. The third-order valence-electron chi connectivity index (χ3n) is 3.05. The van der Waals surface area contributed by atoms with Crippen molar-refractivity contribution < 1.29 is 14.3 Å². The second kappa shape index (κ2) is 8.60. The number of esters is 1. The van der Waals surface area contributed by atoms with Gasteiger partial charge in [-0.2, -0.15) is 0 Å². The van der Waals surface area contributed by atoms with Crippen molar-refractivity contribution in [2.24, 2.45) is 0 Å². The number of benzene rings is 2. The molecule has 0 heterocycles. The van der Waals surface area contributed by atoms with E-state index in [1.165, 1.54) is 11.8 Å². The largest absolute Gasteiger partial charge is 0.460 e. The molecule has 1 N–H and O–H groups in total. The summed E-state index contributed by atoms with van der Waals surface area (Å²) in [5, 5.41) is 2.87. The summed E-state index contributed by atoms with van der Waals surface area (Å²) in [5.41, 5.74) is 1.23. The Morgan fingerprint density at radius 2 is 1.91 bits per heavy atom. The van der Waals surface area contributed by atoms with Gasteiger partial charge in [0.25, 0.3) is 5.91 Å². The molecule has 2 aromatic carbocycles. The van der Waals surface area contributed by atoms with Gasteiger partial charge in [-0.3, -0.25) is 9.59 Å². The van der Waals surface area contributed by atoms with Crippen molar-refractivity contribution in [3.63, 3.8) is 0 Å². The molecule has 0 aliphatic heterocycles. The molecule has 1 amide bonds. The van der Waals surface area contributed by atoms with Gasteiger partial charge in [0.2, 0.25) is 0 Å². The van der Waals surface area contributed by atoms with Crippen LogP contribution in [0, 0.1) is 0 Å². The number of thioether (sulfide) groups is 1. The molecular weight excluding hydrogens is 334 g/mol. The third kappa shape index (κ3) is 5.30. The maximum absolute atomic E-state index is 12.1. The Bertz CT molecular complexity index is 691. The first kappa shape index (κ1) is 17.4. The Morgan fingerprint density at radius 3 is 2.61 bits per heavy atom. The van der Waals surface area contributed by atoms with Crippen molar-refractivity contribution in [1.29, 1.82) is 0 Å².